The lowest BCUT2D eigenvalue weighted by molar-refractivity contribution is -0.137. The molecule has 0 aliphatic carbocycles. The number of nitrogens with zero attached hydrogens (tertiary/aromatic N) is 1. The zero-order valence-corrected chi connectivity index (χ0v) is 9.58. The van der Waals surface area contributed by atoms with E-state index in [1.165, 1.54) is 12.1 Å². The van der Waals surface area contributed by atoms with E-state index in [0.29, 0.717) is 23.3 Å². The van der Waals surface area contributed by atoms with Crippen molar-refractivity contribution in [1.82, 2.24) is 5.16 Å². The molecule has 0 unspecified atom stereocenters. The van der Waals surface area contributed by atoms with E-state index >= 15 is 0 Å². The number of nitrogen functional groups attached to an aromatic ring is 1. The molecule has 1 heterocycles. The van der Waals surface area contributed by atoms with Crippen molar-refractivity contribution in [2.75, 3.05) is 5.73 Å². The third-order valence-corrected chi connectivity index (χ3v) is 2.65. The second-order valence-corrected chi connectivity index (χ2v) is 3.80. The van der Waals surface area contributed by atoms with Crippen molar-refractivity contribution in [3.05, 3.63) is 35.4 Å². The zero-order chi connectivity index (χ0) is 13.3. The summed E-state index contributed by atoms with van der Waals surface area (Å²) in [5, 5.41) is 3.62. The van der Waals surface area contributed by atoms with Crippen molar-refractivity contribution >= 4 is 5.82 Å². The van der Waals surface area contributed by atoms with E-state index in [0.717, 1.165) is 12.1 Å². The first-order valence-corrected chi connectivity index (χ1v) is 5.35. The Bertz CT molecular complexity index is 543. The van der Waals surface area contributed by atoms with Crippen molar-refractivity contribution in [1.29, 1.82) is 0 Å². The van der Waals surface area contributed by atoms with Gasteiger partial charge in [-0.15, -0.1) is 0 Å². The van der Waals surface area contributed by atoms with E-state index in [1.54, 1.807) is 0 Å². The van der Waals surface area contributed by atoms with Crippen LogP contribution in [-0.2, 0) is 12.6 Å². The van der Waals surface area contributed by atoms with Gasteiger partial charge >= 0.3 is 6.18 Å². The fourth-order valence-electron chi connectivity index (χ4n) is 1.70. The monoisotopic (exact) mass is 256 g/mol. The lowest BCUT2D eigenvalue weighted by Gasteiger charge is -2.06. The number of rotatable bonds is 2. The molecule has 0 amide bonds. The zero-order valence-electron chi connectivity index (χ0n) is 9.58. The molecule has 18 heavy (non-hydrogen) atoms. The van der Waals surface area contributed by atoms with Crippen LogP contribution in [0.25, 0.3) is 11.3 Å². The van der Waals surface area contributed by atoms with Crippen LogP contribution in [0.1, 0.15) is 18.1 Å². The Kier molecular flexibility index (Phi) is 3.02. The summed E-state index contributed by atoms with van der Waals surface area (Å²) in [6, 6.07) is 4.71. The number of nitrogens with two attached hydrogens (primary N) is 1. The normalized spacial score (nSPS) is 11.8. The lowest BCUT2D eigenvalue weighted by atomic mass is 10.0. The minimum absolute atomic E-state index is 0.271. The summed E-state index contributed by atoms with van der Waals surface area (Å²) in [7, 11) is 0. The SMILES string of the molecule is CCc1c(N)noc1-c1ccc(C(F)(F)F)cc1. The lowest BCUT2D eigenvalue weighted by Crippen LogP contribution is -2.04. The predicted octanol–water partition coefficient (Wildman–Crippen LogP) is 3.51. The summed E-state index contributed by atoms with van der Waals surface area (Å²) >= 11 is 0. The van der Waals surface area contributed by atoms with Crippen molar-refractivity contribution in [2.45, 2.75) is 19.5 Å². The van der Waals surface area contributed by atoms with Crippen molar-refractivity contribution < 1.29 is 17.7 Å². The first-order valence-electron chi connectivity index (χ1n) is 5.35. The Hall–Kier alpha value is -1.98. The number of aromatic nitrogens is 1. The van der Waals surface area contributed by atoms with Gasteiger partial charge in [0, 0.05) is 11.1 Å². The fraction of sp³-hybridized carbons (Fsp3) is 0.250. The van der Waals surface area contributed by atoms with Gasteiger partial charge in [-0.2, -0.15) is 13.2 Å². The average molecular weight is 256 g/mol. The maximum atomic E-state index is 12.4. The predicted molar refractivity (Wildman–Crippen MR) is 60.7 cm³/mol. The van der Waals surface area contributed by atoms with E-state index in [1.807, 2.05) is 6.92 Å². The number of alkyl halides is 3. The van der Waals surface area contributed by atoms with Gasteiger partial charge in [0.05, 0.1) is 5.56 Å². The highest BCUT2D eigenvalue weighted by atomic mass is 19.4. The highest BCUT2D eigenvalue weighted by Crippen LogP contribution is 2.33. The quantitative estimate of drug-likeness (QED) is 0.894. The summed E-state index contributed by atoms with van der Waals surface area (Å²) < 4.78 is 42.3. The average Bonchev–Trinajstić information content (AvgIpc) is 2.69. The fourth-order valence-corrected chi connectivity index (χ4v) is 1.70. The Morgan fingerprint density at radius 3 is 2.33 bits per heavy atom. The first-order chi connectivity index (χ1) is 8.43. The molecule has 96 valence electrons. The summed E-state index contributed by atoms with van der Waals surface area (Å²) in [4.78, 5) is 0. The van der Waals surface area contributed by atoms with Crippen LogP contribution in [0.3, 0.4) is 0 Å². The second kappa shape index (κ2) is 4.36. The molecular weight excluding hydrogens is 245 g/mol. The van der Waals surface area contributed by atoms with E-state index in [4.69, 9.17) is 10.3 Å². The van der Waals surface area contributed by atoms with Gasteiger partial charge in [0.15, 0.2) is 11.6 Å². The molecule has 0 saturated heterocycles. The van der Waals surface area contributed by atoms with Crippen molar-refractivity contribution in [2.24, 2.45) is 0 Å². The van der Waals surface area contributed by atoms with Crippen LogP contribution in [0.2, 0.25) is 0 Å². The van der Waals surface area contributed by atoms with Crippen LogP contribution in [-0.4, -0.2) is 5.16 Å². The molecule has 0 radical (unpaired) electrons. The van der Waals surface area contributed by atoms with Gasteiger partial charge in [-0.25, -0.2) is 0 Å². The first kappa shape index (κ1) is 12.5. The van der Waals surface area contributed by atoms with Gasteiger partial charge in [0.2, 0.25) is 0 Å². The third kappa shape index (κ3) is 2.18. The maximum Gasteiger partial charge on any atom is 0.416 e. The van der Waals surface area contributed by atoms with Gasteiger partial charge in [0.25, 0.3) is 0 Å². The van der Waals surface area contributed by atoms with Crippen LogP contribution in [0.4, 0.5) is 19.0 Å². The van der Waals surface area contributed by atoms with E-state index in [9.17, 15) is 13.2 Å². The van der Waals surface area contributed by atoms with Crippen LogP contribution >= 0.6 is 0 Å². The molecule has 0 aliphatic heterocycles. The highest BCUT2D eigenvalue weighted by molar-refractivity contribution is 5.66. The molecule has 0 spiro atoms. The molecule has 2 aromatic rings. The molecule has 2 rings (SSSR count). The summed E-state index contributed by atoms with van der Waals surface area (Å²) in [6.45, 7) is 1.87. The molecule has 1 aromatic heterocycles. The molecule has 2 N–H and O–H groups in total. The summed E-state index contributed by atoms with van der Waals surface area (Å²) in [5.41, 5.74) is 6.14. The standard InChI is InChI=1S/C12H11F3N2O/c1-2-9-10(18-17-11(9)16)7-3-5-8(6-4-7)12(13,14)15/h3-6H,2H2,1H3,(H2,16,17). The molecule has 0 aliphatic rings. The molecular formula is C12H11F3N2O. The van der Waals surface area contributed by atoms with Gasteiger partial charge in [-0.3, -0.25) is 0 Å². The van der Waals surface area contributed by atoms with Crippen LogP contribution in [0, 0.1) is 0 Å². The molecule has 0 atom stereocenters. The van der Waals surface area contributed by atoms with Crippen LogP contribution in [0.5, 0.6) is 0 Å². The van der Waals surface area contributed by atoms with Gasteiger partial charge in [-0.1, -0.05) is 24.2 Å². The number of anilines is 1. The van der Waals surface area contributed by atoms with Crippen LogP contribution in [0.15, 0.2) is 28.8 Å². The summed E-state index contributed by atoms with van der Waals surface area (Å²) in [6.07, 6.45) is -3.74. The van der Waals surface area contributed by atoms with E-state index < -0.39 is 11.7 Å². The Morgan fingerprint density at radius 1 is 1.22 bits per heavy atom. The highest BCUT2D eigenvalue weighted by Gasteiger charge is 2.30. The topological polar surface area (TPSA) is 52.0 Å². The molecule has 3 nitrogen and oxygen atoms in total. The number of benzene rings is 1. The van der Waals surface area contributed by atoms with Crippen LogP contribution < -0.4 is 5.73 Å². The van der Waals surface area contributed by atoms with Gasteiger partial charge in [0.1, 0.15) is 0 Å². The van der Waals surface area contributed by atoms with E-state index in [-0.39, 0.29) is 5.82 Å². The van der Waals surface area contributed by atoms with Gasteiger partial charge < -0.3 is 10.3 Å². The smallest absolute Gasteiger partial charge is 0.381 e. The third-order valence-electron chi connectivity index (χ3n) is 2.65. The molecule has 0 fully saturated rings. The number of halogens is 3. The van der Waals surface area contributed by atoms with Crippen molar-refractivity contribution in [3.8, 4) is 11.3 Å². The number of hydrogen-bond acceptors (Lipinski definition) is 3. The van der Waals surface area contributed by atoms with Gasteiger partial charge in [-0.05, 0) is 18.6 Å². The van der Waals surface area contributed by atoms with E-state index in [2.05, 4.69) is 5.16 Å². The molecule has 1 aromatic carbocycles. The molecule has 0 bridgehead atoms. The minimum Gasteiger partial charge on any atom is -0.381 e. The largest absolute Gasteiger partial charge is 0.416 e. The Balaban J connectivity index is 2.40. The minimum atomic E-state index is -4.34. The molecule has 0 saturated carbocycles. The second-order valence-electron chi connectivity index (χ2n) is 3.80. The van der Waals surface area contributed by atoms with Crippen molar-refractivity contribution in [3.63, 3.8) is 0 Å². The number of hydrogen-bond donors (Lipinski definition) is 1. The molecule has 6 heteroatoms. The maximum absolute atomic E-state index is 12.4. The Labute approximate surface area is 101 Å². The summed E-state index contributed by atoms with van der Waals surface area (Å²) in [5.74, 6) is 0.691. The Morgan fingerprint density at radius 2 is 1.83 bits per heavy atom.